The molecular formula is C15H14N2O4. The predicted octanol–water partition coefficient (Wildman–Crippen LogP) is 3.81. The molecule has 0 fully saturated rings. The molecule has 6 nitrogen and oxygen atoms in total. The average molecular weight is 286 g/mol. The maximum Gasteiger partial charge on any atom is 0.169 e. The Morgan fingerprint density at radius 2 is 1.57 bits per heavy atom. The Bertz CT molecular complexity index is 670. The van der Waals surface area contributed by atoms with Gasteiger partial charge in [0.15, 0.2) is 23.0 Å². The number of benzene rings is 2. The van der Waals surface area contributed by atoms with E-state index in [4.69, 9.17) is 0 Å². The third-order valence-electron chi connectivity index (χ3n) is 2.83. The van der Waals surface area contributed by atoms with Crippen molar-refractivity contribution in [1.82, 2.24) is 0 Å². The zero-order valence-electron chi connectivity index (χ0n) is 11.3. The summed E-state index contributed by atoms with van der Waals surface area (Å²) in [6.45, 7) is 1.78. The molecular weight excluding hydrogens is 272 g/mol. The minimum Gasteiger partial charge on any atom is -0.508 e. The van der Waals surface area contributed by atoms with Gasteiger partial charge in [-0.15, -0.1) is 5.11 Å². The Hall–Kier alpha value is -2.89. The van der Waals surface area contributed by atoms with E-state index < -0.39 is 0 Å². The van der Waals surface area contributed by atoms with Crippen LogP contribution in [0.2, 0.25) is 0 Å². The minimum absolute atomic E-state index is 0.0345. The number of carbonyl (C=O) groups is 1. The number of nitrogens with zero attached hydrogens (tertiary/aromatic N) is 2. The van der Waals surface area contributed by atoms with E-state index in [1.165, 1.54) is 0 Å². The van der Waals surface area contributed by atoms with E-state index >= 15 is 0 Å². The van der Waals surface area contributed by atoms with Gasteiger partial charge < -0.3 is 15.3 Å². The molecule has 0 heterocycles. The molecule has 3 N–H and O–H groups in total. The van der Waals surface area contributed by atoms with Gasteiger partial charge in [-0.05, 0) is 24.3 Å². The zero-order chi connectivity index (χ0) is 15.4. The molecule has 0 bridgehead atoms. The Morgan fingerprint density at radius 1 is 1.00 bits per heavy atom. The summed E-state index contributed by atoms with van der Waals surface area (Å²) in [6, 6.07) is 8.60. The van der Waals surface area contributed by atoms with Crippen molar-refractivity contribution in [3.63, 3.8) is 0 Å². The van der Waals surface area contributed by atoms with Crippen molar-refractivity contribution >= 4 is 17.2 Å². The van der Waals surface area contributed by atoms with E-state index in [0.717, 1.165) is 12.1 Å². The minimum atomic E-state index is -0.381. The highest BCUT2D eigenvalue weighted by atomic mass is 16.3. The van der Waals surface area contributed by atoms with Crippen molar-refractivity contribution in [3.8, 4) is 17.2 Å². The molecule has 108 valence electrons. The van der Waals surface area contributed by atoms with Crippen LogP contribution in [-0.4, -0.2) is 21.1 Å². The SMILES string of the molecule is CCC(=O)c1ccc(N=Nc2c(O)cc(O)cc2O)cc1. The van der Waals surface area contributed by atoms with Gasteiger partial charge in [0.2, 0.25) is 0 Å². The van der Waals surface area contributed by atoms with Crippen LogP contribution in [0.3, 0.4) is 0 Å². The van der Waals surface area contributed by atoms with Crippen molar-refractivity contribution in [2.45, 2.75) is 13.3 Å². The number of phenolic OH excluding ortho intramolecular Hbond substituents is 3. The first-order chi connectivity index (χ1) is 10.0. The second-order valence-corrected chi connectivity index (χ2v) is 4.36. The molecule has 6 heteroatoms. The number of rotatable bonds is 4. The summed E-state index contributed by atoms with van der Waals surface area (Å²) in [4.78, 5) is 11.5. The van der Waals surface area contributed by atoms with Gasteiger partial charge in [0.05, 0.1) is 5.69 Å². The highest BCUT2D eigenvalue weighted by Gasteiger charge is 2.09. The maximum absolute atomic E-state index is 11.5. The molecule has 2 aromatic carbocycles. The Morgan fingerprint density at radius 3 is 2.10 bits per heavy atom. The molecule has 0 amide bonds. The van der Waals surface area contributed by atoms with Gasteiger partial charge in [-0.3, -0.25) is 4.79 Å². The lowest BCUT2D eigenvalue weighted by molar-refractivity contribution is 0.0988. The lowest BCUT2D eigenvalue weighted by Gasteiger charge is -2.02. The van der Waals surface area contributed by atoms with Crippen LogP contribution >= 0.6 is 0 Å². The summed E-state index contributed by atoms with van der Waals surface area (Å²) in [7, 11) is 0. The molecule has 0 unspecified atom stereocenters. The fourth-order valence-electron chi connectivity index (χ4n) is 1.72. The van der Waals surface area contributed by atoms with Gasteiger partial charge in [-0.1, -0.05) is 6.92 Å². The van der Waals surface area contributed by atoms with Gasteiger partial charge in [0.25, 0.3) is 0 Å². The largest absolute Gasteiger partial charge is 0.508 e. The molecule has 0 aliphatic rings. The second-order valence-electron chi connectivity index (χ2n) is 4.36. The summed E-state index contributed by atoms with van der Waals surface area (Å²) in [6.07, 6.45) is 0.427. The first-order valence-corrected chi connectivity index (χ1v) is 6.31. The van der Waals surface area contributed by atoms with Crippen molar-refractivity contribution in [3.05, 3.63) is 42.0 Å². The van der Waals surface area contributed by atoms with Crippen LogP contribution < -0.4 is 0 Å². The van der Waals surface area contributed by atoms with Crippen LogP contribution in [0.1, 0.15) is 23.7 Å². The fraction of sp³-hybridized carbons (Fsp3) is 0.133. The molecule has 0 aliphatic heterocycles. The molecule has 0 atom stereocenters. The first kappa shape index (κ1) is 14.5. The Balaban J connectivity index is 2.24. The predicted molar refractivity (Wildman–Crippen MR) is 76.7 cm³/mol. The molecule has 0 aliphatic carbocycles. The molecule has 2 aromatic rings. The summed E-state index contributed by atoms with van der Waals surface area (Å²) in [5.74, 6) is -0.998. The highest BCUT2D eigenvalue weighted by Crippen LogP contribution is 2.40. The van der Waals surface area contributed by atoms with E-state index in [1.54, 1.807) is 31.2 Å². The molecule has 0 aromatic heterocycles. The Kier molecular flexibility index (Phi) is 4.18. The number of hydrogen-bond donors (Lipinski definition) is 3. The lowest BCUT2D eigenvalue weighted by Crippen LogP contribution is -1.94. The Labute approximate surface area is 121 Å². The van der Waals surface area contributed by atoms with Crippen molar-refractivity contribution in [2.24, 2.45) is 10.2 Å². The maximum atomic E-state index is 11.5. The fourth-order valence-corrected chi connectivity index (χ4v) is 1.72. The standard InChI is InChI=1S/C15H14N2O4/c1-2-12(19)9-3-5-10(6-4-9)16-17-15-13(20)7-11(18)8-14(15)21/h3-8,18,20-21H,2H2,1H3. The van der Waals surface area contributed by atoms with E-state index in [1.807, 2.05) is 0 Å². The summed E-state index contributed by atoms with van der Waals surface area (Å²) in [5.41, 5.74) is 0.919. The smallest absolute Gasteiger partial charge is 0.169 e. The molecule has 0 spiro atoms. The van der Waals surface area contributed by atoms with Crippen LogP contribution in [0, 0.1) is 0 Å². The van der Waals surface area contributed by atoms with Gasteiger partial charge in [-0.25, -0.2) is 0 Å². The first-order valence-electron chi connectivity index (χ1n) is 6.31. The van der Waals surface area contributed by atoms with Crippen molar-refractivity contribution in [2.75, 3.05) is 0 Å². The second kappa shape index (κ2) is 6.04. The molecule has 0 saturated carbocycles. The number of aromatic hydroxyl groups is 3. The van der Waals surface area contributed by atoms with E-state index in [-0.39, 0.29) is 28.7 Å². The van der Waals surface area contributed by atoms with E-state index in [0.29, 0.717) is 17.7 Å². The van der Waals surface area contributed by atoms with Crippen molar-refractivity contribution < 1.29 is 20.1 Å². The van der Waals surface area contributed by atoms with Gasteiger partial charge in [0, 0.05) is 24.1 Å². The van der Waals surface area contributed by atoms with Crippen LogP contribution in [0.15, 0.2) is 46.6 Å². The topological polar surface area (TPSA) is 102 Å². The summed E-state index contributed by atoms with van der Waals surface area (Å²) >= 11 is 0. The van der Waals surface area contributed by atoms with Crippen molar-refractivity contribution in [1.29, 1.82) is 0 Å². The lowest BCUT2D eigenvalue weighted by atomic mass is 10.1. The van der Waals surface area contributed by atoms with Gasteiger partial charge in [0.1, 0.15) is 5.75 Å². The highest BCUT2D eigenvalue weighted by molar-refractivity contribution is 5.96. The number of carbonyl (C=O) groups excluding carboxylic acids is 1. The summed E-state index contributed by atoms with van der Waals surface area (Å²) in [5, 5.41) is 36.0. The van der Waals surface area contributed by atoms with Crippen LogP contribution in [0.25, 0.3) is 0 Å². The number of azo groups is 1. The normalized spacial score (nSPS) is 10.9. The summed E-state index contributed by atoms with van der Waals surface area (Å²) < 4.78 is 0. The average Bonchev–Trinajstić information content (AvgIpc) is 2.46. The monoisotopic (exact) mass is 286 g/mol. The number of Topliss-reactive ketones (excluding diaryl/α,β-unsaturated/α-hetero) is 1. The van der Waals surface area contributed by atoms with Gasteiger partial charge in [-0.2, -0.15) is 5.11 Å². The number of phenols is 3. The van der Waals surface area contributed by atoms with Crippen LogP contribution in [-0.2, 0) is 0 Å². The quantitative estimate of drug-likeness (QED) is 0.587. The molecule has 0 saturated heterocycles. The molecule has 2 rings (SSSR count). The molecule has 0 radical (unpaired) electrons. The molecule has 21 heavy (non-hydrogen) atoms. The third kappa shape index (κ3) is 3.36. The number of ketones is 1. The van der Waals surface area contributed by atoms with Crippen LogP contribution in [0.5, 0.6) is 17.2 Å². The third-order valence-corrected chi connectivity index (χ3v) is 2.83. The van der Waals surface area contributed by atoms with E-state index in [9.17, 15) is 20.1 Å². The zero-order valence-corrected chi connectivity index (χ0v) is 11.3. The van der Waals surface area contributed by atoms with Crippen LogP contribution in [0.4, 0.5) is 11.4 Å². The van der Waals surface area contributed by atoms with E-state index in [2.05, 4.69) is 10.2 Å². The number of hydrogen-bond acceptors (Lipinski definition) is 6. The van der Waals surface area contributed by atoms with Gasteiger partial charge >= 0.3 is 0 Å².